The van der Waals surface area contributed by atoms with E-state index < -0.39 is 15.7 Å². The molecule has 0 spiro atoms. The van der Waals surface area contributed by atoms with Crippen molar-refractivity contribution in [3.63, 3.8) is 0 Å². The number of halogens is 1. The van der Waals surface area contributed by atoms with Gasteiger partial charge in [-0.05, 0) is 80.3 Å². The average molecular weight is 574 g/mol. The van der Waals surface area contributed by atoms with E-state index in [9.17, 15) is 22.4 Å². The first-order valence-electron chi connectivity index (χ1n) is 14.2. The molecule has 8 nitrogen and oxygen atoms in total. The molecule has 4 rings (SSSR count). The molecule has 2 amide bonds. The summed E-state index contributed by atoms with van der Waals surface area (Å²) in [5.74, 6) is -1.22. The van der Waals surface area contributed by atoms with E-state index in [1.807, 2.05) is 17.0 Å². The van der Waals surface area contributed by atoms with Gasteiger partial charge in [0.2, 0.25) is 5.91 Å². The van der Waals surface area contributed by atoms with Crippen LogP contribution in [0, 0.1) is 5.82 Å². The maximum Gasteiger partial charge on any atom is 0.251 e. The number of ether oxygens (including phenoxy) is 1. The van der Waals surface area contributed by atoms with Crippen molar-refractivity contribution in [3.05, 3.63) is 59.4 Å². The maximum atomic E-state index is 13.2. The van der Waals surface area contributed by atoms with E-state index in [1.54, 1.807) is 13.0 Å². The minimum atomic E-state index is -3.67. The summed E-state index contributed by atoms with van der Waals surface area (Å²) in [5.41, 5.74) is 2.15. The van der Waals surface area contributed by atoms with Gasteiger partial charge in [0, 0.05) is 57.1 Å². The van der Waals surface area contributed by atoms with Crippen molar-refractivity contribution < 1.29 is 27.1 Å². The highest BCUT2D eigenvalue weighted by atomic mass is 32.2. The second-order valence-corrected chi connectivity index (χ2v) is 12.7. The van der Waals surface area contributed by atoms with Crippen LogP contribution in [0.5, 0.6) is 0 Å². The Kier molecular flexibility index (Phi) is 10.7. The predicted octanol–water partition coefficient (Wildman–Crippen LogP) is 4.33. The van der Waals surface area contributed by atoms with E-state index in [-0.39, 0.29) is 29.0 Å². The first-order chi connectivity index (χ1) is 19.2. The number of nitrogens with one attached hydrogen (secondary N) is 1. The molecule has 0 aliphatic carbocycles. The van der Waals surface area contributed by atoms with E-state index >= 15 is 0 Å². The van der Waals surface area contributed by atoms with Gasteiger partial charge in [0.25, 0.3) is 5.91 Å². The monoisotopic (exact) mass is 573 g/mol. The van der Waals surface area contributed by atoms with Crippen molar-refractivity contribution in [1.29, 1.82) is 0 Å². The van der Waals surface area contributed by atoms with Gasteiger partial charge >= 0.3 is 0 Å². The number of anilines is 1. The zero-order valence-electron chi connectivity index (χ0n) is 23.2. The minimum absolute atomic E-state index is 0.0143. The molecule has 1 saturated heterocycles. The number of rotatable bonds is 6. The van der Waals surface area contributed by atoms with Crippen molar-refractivity contribution in [1.82, 2.24) is 10.2 Å². The molecule has 2 aromatic rings. The topological polar surface area (TPSA) is 96.0 Å². The average Bonchev–Trinajstić information content (AvgIpc) is 2.93. The second kappa shape index (κ2) is 14.2. The number of hydrogen-bond donors (Lipinski definition) is 1. The summed E-state index contributed by atoms with van der Waals surface area (Å²) in [5, 5.41) is 2.72. The highest BCUT2D eigenvalue weighted by Gasteiger charge is 2.25. The Labute approximate surface area is 236 Å². The van der Waals surface area contributed by atoms with Crippen LogP contribution in [0.3, 0.4) is 0 Å². The van der Waals surface area contributed by atoms with Crippen LogP contribution in [0.4, 0.5) is 10.1 Å². The van der Waals surface area contributed by atoms with Gasteiger partial charge in [0.1, 0.15) is 5.82 Å². The van der Waals surface area contributed by atoms with E-state index in [4.69, 9.17) is 4.74 Å². The Bertz CT molecular complexity index is 1260. The molecule has 1 fully saturated rings. The van der Waals surface area contributed by atoms with Gasteiger partial charge in [-0.3, -0.25) is 14.5 Å². The molecule has 2 heterocycles. The number of amides is 2. The molecule has 0 saturated carbocycles. The minimum Gasteiger partial charge on any atom is -0.381 e. The van der Waals surface area contributed by atoms with E-state index in [0.29, 0.717) is 24.7 Å². The third kappa shape index (κ3) is 8.11. The highest BCUT2D eigenvalue weighted by Crippen LogP contribution is 2.28. The molecular formula is C30H40FN3O5S. The van der Waals surface area contributed by atoms with Crippen LogP contribution < -0.4 is 10.2 Å². The van der Waals surface area contributed by atoms with E-state index in [1.165, 1.54) is 12.1 Å². The molecule has 2 aromatic carbocycles. The fourth-order valence-electron chi connectivity index (χ4n) is 5.50. The van der Waals surface area contributed by atoms with Gasteiger partial charge < -0.3 is 15.0 Å². The lowest BCUT2D eigenvalue weighted by atomic mass is 10.0. The lowest BCUT2D eigenvalue weighted by molar-refractivity contribution is -0.116. The van der Waals surface area contributed by atoms with Crippen LogP contribution >= 0.6 is 0 Å². The lowest BCUT2D eigenvalue weighted by Crippen LogP contribution is -2.40. The Morgan fingerprint density at radius 3 is 2.35 bits per heavy atom. The van der Waals surface area contributed by atoms with Crippen molar-refractivity contribution in [2.24, 2.45) is 0 Å². The van der Waals surface area contributed by atoms with Gasteiger partial charge in [0.05, 0.1) is 10.6 Å². The zero-order valence-corrected chi connectivity index (χ0v) is 24.1. The summed E-state index contributed by atoms with van der Waals surface area (Å²) in [6.45, 7) is 5.16. The fourth-order valence-corrected chi connectivity index (χ4v) is 6.66. The second-order valence-electron chi connectivity index (χ2n) is 10.6. The number of carbonyl (C=O) groups is 2. The van der Waals surface area contributed by atoms with E-state index in [0.717, 1.165) is 88.1 Å². The van der Waals surface area contributed by atoms with Crippen LogP contribution in [-0.4, -0.2) is 69.8 Å². The number of sulfone groups is 1. The summed E-state index contributed by atoms with van der Waals surface area (Å²) in [7, 11) is -3.67. The molecule has 0 unspecified atom stereocenters. The predicted molar refractivity (Wildman–Crippen MR) is 153 cm³/mol. The van der Waals surface area contributed by atoms with Crippen LogP contribution in [-0.2, 0) is 25.9 Å². The largest absolute Gasteiger partial charge is 0.381 e. The molecule has 0 aromatic heterocycles. The quantitative estimate of drug-likeness (QED) is 0.517. The van der Waals surface area contributed by atoms with Crippen molar-refractivity contribution >= 4 is 27.3 Å². The van der Waals surface area contributed by atoms with Crippen molar-refractivity contribution in [3.8, 4) is 0 Å². The number of fused-ring (bicyclic) bond motifs is 1. The molecular weight excluding hydrogens is 533 g/mol. The molecule has 10 heteroatoms. The molecule has 0 bridgehead atoms. The number of benzene rings is 2. The Morgan fingerprint density at radius 2 is 1.65 bits per heavy atom. The van der Waals surface area contributed by atoms with Gasteiger partial charge in [-0.1, -0.05) is 19.3 Å². The standard InChI is InChI=1S/C30H40FN3O5S/c1-23(35)34-17-6-4-2-3-5-16-33(27-13-18-39-19-14-27)22-25-21-24(7-12-29(25)34)30(36)32-15-20-40(37,38)28-10-8-26(31)9-11-28/h7-12,21,27H,2-6,13-20,22H2,1H3,(H,32,36). The van der Waals surface area contributed by atoms with Crippen LogP contribution in [0.15, 0.2) is 47.4 Å². The van der Waals surface area contributed by atoms with Crippen molar-refractivity contribution in [2.45, 2.75) is 69.4 Å². The first-order valence-corrected chi connectivity index (χ1v) is 15.9. The smallest absolute Gasteiger partial charge is 0.251 e. The number of carbonyl (C=O) groups excluding carboxylic acids is 2. The summed E-state index contributed by atoms with van der Waals surface area (Å²) >= 11 is 0. The van der Waals surface area contributed by atoms with Crippen molar-refractivity contribution in [2.75, 3.05) is 43.5 Å². The molecule has 2 aliphatic rings. The Hall–Kier alpha value is -2.82. The molecule has 40 heavy (non-hydrogen) atoms. The molecule has 1 N–H and O–H groups in total. The summed E-state index contributed by atoms with van der Waals surface area (Å²) in [6.07, 6.45) is 7.30. The van der Waals surface area contributed by atoms with Gasteiger partial charge in [-0.25, -0.2) is 12.8 Å². The number of nitrogens with zero attached hydrogens (tertiary/aromatic N) is 2. The van der Waals surface area contributed by atoms with Gasteiger partial charge in [-0.2, -0.15) is 0 Å². The third-order valence-electron chi connectivity index (χ3n) is 7.75. The fraction of sp³-hybridized carbons (Fsp3) is 0.533. The summed E-state index contributed by atoms with van der Waals surface area (Å²) in [6, 6.07) is 10.4. The van der Waals surface area contributed by atoms with Gasteiger partial charge in [0.15, 0.2) is 9.84 Å². The van der Waals surface area contributed by atoms with Crippen LogP contribution in [0.25, 0.3) is 0 Å². The maximum absolute atomic E-state index is 13.2. The van der Waals surface area contributed by atoms with Crippen LogP contribution in [0.2, 0.25) is 0 Å². The van der Waals surface area contributed by atoms with Gasteiger partial charge in [-0.15, -0.1) is 0 Å². The van der Waals surface area contributed by atoms with Crippen LogP contribution in [0.1, 0.15) is 67.8 Å². The Balaban J connectivity index is 1.54. The molecule has 218 valence electrons. The molecule has 0 atom stereocenters. The number of hydrogen-bond acceptors (Lipinski definition) is 6. The lowest BCUT2D eigenvalue weighted by Gasteiger charge is -2.36. The Morgan fingerprint density at radius 1 is 0.975 bits per heavy atom. The van der Waals surface area contributed by atoms with E-state index in [2.05, 4.69) is 10.2 Å². The zero-order chi connectivity index (χ0) is 28.5. The first kappa shape index (κ1) is 30.1. The normalized spacial score (nSPS) is 18.3. The molecule has 0 radical (unpaired) electrons. The highest BCUT2D eigenvalue weighted by molar-refractivity contribution is 7.91. The third-order valence-corrected chi connectivity index (χ3v) is 9.48. The molecule has 2 aliphatic heterocycles. The summed E-state index contributed by atoms with van der Waals surface area (Å²) in [4.78, 5) is 30.1. The SMILES string of the molecule is CC(=O)N1CCCCCCCN(C2CCOCC2)Cc2cc(C(=O)NCCS(=O)(=O)c3ccc(F)cc3)ccc21. The summed E-state index contributed by atoms with van der Waals surface area (Å²) < 4.78 is 44.0.